The molecule has 1 heterocycles. The van der Waals surface area contributed by atoms with Gasteiger partial charge in [-0.05, 0) is 31.9 Å². The second kappa shape index (κ2) is 10.6. The molecule has 1 aromatic carbocycles. The third-order valence-electron chi connectivity index (χ3n) is 3.79. The maximum absolute atomic E-state index is 11.7. The molecule has 23 heavy (non-hydrogen) atoms. The molecule has 1 saturated heterocycles. The van der Waals surface area contributed by atoms with Crippen molar-refractivity contribution in [3.63, 3.8) is 0 Å². The number of nitrogens with zero attached hydrogens (tertiary/aromatic N) is 1. The summed E-state index contributed by atoms with van der Waals surface area (Å²) in [6, 6.07) is 8.22. The molecule has 132 valence electrons. The highest BCUT2D eigenvalue weighted by atomic mass is 35.5. The molecule has 1 aliphatic rings. The number of anilines is 1. The minimum absolute atomic E-state index is 0. The maximum atomic E-state index is 11.7. The van der Waals surface area contributed by atoms with E-state index >= 15 is 0 Å². The van der Waals surface area contributed by atoms with E-state index in [0.717, 1.165) is 37.4 Å². The van der Waals surface area contributed by atoms with Gasteiger partial charge >= 0.3 is 0 Å². The number of nitrogens with one attached hydrogen (secondary N) is 1. The summed E-state index contributed by atoms with van der Waals surface area (Å²) in [6.07, 6.45) is 2.29. The Bertz CT molecular complexity index is 478. The SMILES string of the molecule is COc1ccccc1N1CCC(NC(=O)CC(C)N)CC1.Cl.Cl. The molecular weight excluding hydrogens is 337 g/mol. The Kier molecular flexibility index (Phi) is 10.0. The van der Waals surface area contributed by atoms with Gasteiger partial charge < -0.3 is 20.7 Å². The summed E-state index contributed by atoms with van der Waals surface area (Å²) in [6.45, 7) is 3.69. The topological polar surface area (TPSA) is 67.6 Å². The van der Waals surface area contributed by atoms with Gasteiger partial charge in [0.1, 0.15) is 5.75 Å². The Balaban J connectivity index is 0.00000242. The molecule has 0 aliphatic carbocycles. The number of para-hydroxylation sites is 2. The number of carbonyl (C=O) groups is 1. The lowest BCUT2D eigenvalue weighted by Crippen LogP contribution is -2.45. The molecule has 1 aromatic rings. The van der Waals surface area contributed by atoms with Crippen molar-refractivity contribution in [1.29, 1.82) is 0 Å². The van der Waals surface area contributed by atoms with Gasteiger partial charge in [-0.1, -0.05) is 12.1 Å². The van der Waals surface area contributed by atoms with Crippen molar-refractivity contribution in [3.05, 3.63) is 24.3 Å². The van der Waals surface area contributed by atoms with Gasteiger partial charge in [0.15, 0.2) is 0 Å². The highest BCUT2D eigenvalue weighted by Crippen LogP contribution is 2.29. The molecule has 0 bridgehead atoms. The third kappa shape index (κ3) is 6.45. The van der Waals surface area contributed by atoms with Crippen molar-refractivity contribution >= 4 is 36.4 Å². The van der Waals surface area contributed by atoms with Gasteiger partial charge in [0.25, 0.3) is 0 Å². The molecule has 0 aromatic heterocycles. The predicted molar refractivity (Wildman–Crippen MR) is 99.1 cm³/mol. The largest absolute Gasteiger partial charge is 0.495 e. The number of hydrogen-bond donors (Lipinski definition) is 2. The minimum atomic E-state index is -0.0846. The van der Waals surface area contributed by atoms with E-state index in [9.17, 15) is 4.79 Å². The number of hydrogen-bond acceptors (Lipinski definition) is 4. The van der Waals surface area contributed by atoms with Crippen LogP contribution >= 0.6 is 24.8 Å². The van der Waals surface area contributed by atoms with E-state index in [2.05, 4.69) is 16.3 Å². The third-order valence-corrected chi connectivity index (χ3v) is 3.79. The van der Waals surface area contributed by atoms with Crippen molar-refractivity contribution in [2.24, 2.45) is 5.73 Å². The fourth-order valence-corrected chi connectivity index (χ4v) is 2.73. The van der Waals surface area contributed by atoms with Crippen molar-refractivity contribution in [2.45, 2.75) is 38.3 Å². The zero-order chi connectivity index (χ0) is 15.2. The number of ether oxygens (including phenoxy) is 1. The van der Waals surface area contributed by atoms with Crippen LogP contribution in [-0.4, -0.2) is 38.2 Å². The first-order chi connectivity index (χ1) is 10.1. The van der Waals surface area contributed by atoms with E-state index < -0.39 is 0 Å². The molecule has 1 fully saturated rings. The van der Waals surface area contributed by atoms with Gasteiger partial charge in [-0.25, -0.2) is 0 Å². The number of halogens is 2. The van der Waals surface area contributed by atoms with Gasteiger partial charge in [-0.15, -0.1) is 24.8 Å². The lowest BCUT2D eigenvalue weighted by Gasteiger charge is -2.34. The first kappa shape index (κ1) is 21.8. The maximum Gasteiger partial charge on any atom is 0.221 e. The summed E-state index contributed by atoms with van der Waals surface area (Å²) in [4.78, 5) is 14.1. The number of rotatable bonds is 5. The van der Waals surface area contributed by atoms with Gasteiger partial charge in [0.05, 0.1) is 12.8 Å². The standard InChI is InChI=1S/C16H25N3O2.2ClH/c1-12(17)11-16(20)18-13-7-9-19(10-8-13)14-5-3-4-6-15(14)21-2;;/h3-6,12-13H,7-11,17H2,1-2H3,(H,18,20);2*1H. The molecule has 1 aliphatic heterocycles. The van der Waals surface area contributed by atoms with Crippen molar-refractivity contribution < 1.29 is 9.53 Å². The Hall–Kier alpha value is -1.17. The molecule has 0 radical (unpaired) electrons. The number of nitrogens with two attached hydrogens (primary N) is 1. The Morgan fingerprint density at radius 3 is 2.52 bits per heavy atom. The number of carbonyl (C=O) groups excluding carboxylic acids is 1. The molecule has 1 atom stereocenters. The minimum Gasteiger partial charge on any atom is -0.495 e. The van der Waals surface area contributed by atoms with E-state index in [1.165, 1.54) is 0 Å². The van der Waals surface area contributed by atoms with Crippen LogP contribution in [0.5, 0.6) is 5.75 Å². The fourth-order valence-electron chi connectivity index (χ4n) is 2.73. The van der Waals surface area contributed by atoms with Crippen LogP contribution in [0.25, 0.3) is 0 Å². The van der Waals surface area contributed by atoms with E-state index in [1.807, 2.05) is 25.1 Å². The summed E-state index contributed by atoms with van der Waals surface area (Å²) < 4.78 is 5.41. The molecule has 0 saturated carbocycles. The molecule has 3 N–H and O–H groups in total. The summed E-state index contributed by atoms with van der Waals surface area (Å²) in [5.74, 6) is 0.956. The molecule has 1 amide bonds. The number of benzene rings is 1. The average molecular weight is 364 g/mol. The van der Waals surface area contributed by atoms with Crippen LogP contribution < -0.4 is 20.7 Å². The molecule has 0 spiro atoms. The van der Waals surface area contributed by atoms with E-state index in [1.54, 1.807) is 7.11 Å². The monoisotopic (exact) mass is 363 g/mol. The van der Waals surface area contributed by atoms with Crippen LogP contribution in [0.1, 0.15) is 26.2 Å². The second-order valence-corrected chi connectivity index (χ2v) is 5.68. The number of amides is 1. The highest BCUT2D eigenvalue weighted by molar-refractivity contribution is 5.85. The lowest BCUT2D eigenvalue weighted by molar-refractivity contribution is -0.122. The van der Waals surface area contributed by atoms with Crippen molar-refractivity contribution in [1.82, 2.24) is 5.32 Å². The Morgan fingerprint density at radius 1 is 1.35 bits per heavy atom. The van der Waals surface area contributed by atoms with Gasteiger partial charge in [0, 0.05) is 31.6 Å². The molecule has 1 unspecified atom stereocenters. The smallest absolute Gasteiger partial charge is 0.221 e. The summed E-state index contributed by atoms with van der Waals surface area (Å²) in [5.41, 5.74) is 6.77. The quantitative estimate of drug-likeness (QED) is 0.842. The summed E-state index contributed by atoms with van der Waals surface area (Å²) >= 11 is 0. The van der Waals surface area contributed by atoms with E-state index in [4.69, 9.17) is 10.5 Å². The zero-order valence-corrected chi connectivity index (χ0v) is 15.3. The van der Waals surface area contributed by atoms with Gasteiger partial charge in [-0.3, -0.25) is 4.79 Å². The molecular formula is C16H27Cl2N3O2. The highest BCUT2D eigenvalue weighted by Gasteiger charge is 2.22. The predicted octanol–water partition coefficient (Wildman–Crippen LogP) is 2.36. The first-order valence-electron chi connectivity index (χ1n) is 7.53. The molecule has 2 rings (SSSR count). The Labute approximate surface area is 150 Å². The Morgan fingerprint density at radius 2 is 1.96 bits per heavy atom. The van der Waals surface area contributed by atoms with Gasteiger partial charge in [0.2, 0.25) is 5.91 Å². The van der Waals surface area contributed by atoms with E-state index in [0.29, 0.717) is 6.42 Å². The van der Waals surface area contributed by atoms with Crippen LogP contribution in [0.4, 0.5) is 5.69 Å². The molecule has 7 heteroatoms. The summed E-state index contributed by atoms with van der Waals surface area (Å²) in [5, 5.41) is 3.07. The number of methoxy groups -OCH3 is 1. The van der Waals surface area contributed by atoms with E-state index in [-0.39, 0.29) is 42.8 Å². The normalized spacial score (nSPS) is 15.9. The first-order valence-corrected chi connectivity index (χ1v) is 7.53. The zero-order valence-electron chi connectivity index (χ0n) is 13.7. The van der Waals surface area contributed by atoms with Crippen molar-refractivity contribution in [3.8, 4) is 5.75 Å². The van der Waals surface area contributed by atoms with Gasteiger partial charge in [-0.2, -0.15) is 0 Å². The van der Waals surface area contributed by atoms with Crippen LogP contribution in [0.15, 0.2) is 24.3 Å². The molecule has 5 nitrogen and oxygen atoms in total. The van der Waals surface area contributed by atoms with Crippen LogP contribution in [0.3, 0.4) is 0 Å². The lowest BCUT2D eigenvalue weighted by atomic mass is 10.0. The van der Waals surface area contributed by atoms with Crippen molar-refractivity contribution in [2.75, 3.05) is 25.1 Å². The van der Waals surface area contributed by atoms with Crippen LogP contribution in [0.2, 0.25) is 0 Å². The number of piperidine rings is 1. The van der Waals surface area contributed by atoms with Crippen LogP contribution in [-0.2, 0) is 4.79 Å². The average Bonchev–Trinajstić information content (AvgIpc) is 2.47. The second-order valence-electron chi connectivity index (χ2n) is 5.68. The summed E-state index contributed by atoms with van der Waals surface area (Å²) in [7, 11) is 1.69. The van der Waals surface area contributed by atoms with Crippen LogP contribution in [0, 0.1) is 0 Å². The fraction of sp³-hybridized carbons (Fsp3) is 0.562.